The predicted molar refractivity (Wildman–Crippen MR) is 118 cm³/mol. The second-order valence-corrected chi connectivity index (χ2v) is 7.42. The topological polar surface area (TPSA) is 50.8 Å². The van der Waals surface area contributed by atoms with Crippen molar-refractivity contribution >= 4 is 11.6 Å². The Bertz CT molecular complexity index is 1210. The van der Waals surface area contributed by atoms with Crippen molar-refractivity contribution in [3.05, 3.63) is 106 Å². The van der Waals surface area contributed by atoms with Gasteiger partial charge in [0.15, 0.2) is 0 Å². The second-order valence-electron chi connectivity index (χ2n) is 7.01. The van der Waals surface area contributed by atoms with Crippen molar-refractivity contribution in [3.63, 3.8) is 0 Å². The number of nitriles is 1. The van der Waals surface area contributed by atoms with Crippen LogP contribution in [0.1, 0.15) is 22.4 Å². The number of aromatic nitrogens is 2. The minimum atomic E-state index is 0.471. The molecule has 0 unspecified atom stereocenters. The third-order valence-electron chi connectivity index (χ3n) is 5.01. The van der Waals surface area contributed by atoms with Crippen molar-refractivity contribution in [1.29, 1.82) is 5.26 Å². The van der Waals surface area contributed by atoms with E-state index in [2.05, 4.69) is 11.1 Å². The molecule has 0 saturated carbocycles. The first-order valence-electron chi connectivity index (χ1n) is 9.61. The summed E-state index contributed by atoms with van der Waals surface area (Å²) in [6, 6.07) is 26.3. The molecule has 1 aromatic heterocycles. The van der Waals surface area contributed by atoms with E-state index in [0.717, 1.165) is 27.9 Å². The van der Waals surface area contributed by atoms with Crippen LogP contribution in [0.4, 0.5) is 0 Å². The van der Waals surface area contributed by atoms with Gasteiger partial charge in [0.05, 0.1) is 17.8 Å². The molecule has 0 N–H and O–H groups in total. The van der Waals surface area contributed by atoms with Crippen LogP contribution in [0, 0.1) is 11.3 Å². The molecule has 1 heterocycles. The summed E-state index contributed by atoms with van der Waals surface area (Å²) in [6.07, 6.45) is 2.50. The molecule has 0 bridgehead atoms. The van der Waals surface area contributed by atoms with Crippen molar-refractivity contribution in [2.75, 3.05) is 0 Å². The molecule has 0 aliphatic rings. The summed E-state index contributed by atoms with van der Waals surface area (Å²) in [6.45, 7) is 0.471. The molecule has 148 valence electrons. The van der Waals surface area contributed by atoms with Crippen LogP contribution in [0.5, 0.6) is 6.01 Å². The van der Waals surface area contributed by atoms with E-state index in [4.69, 9.17) is 16.3 Å². The number of nitrogens with zero attached hydrogens (tertiary/aromatic N) is 3. The van der Waals surface area contributed by atoms with Gasteiger partial charge in [0.1, 0.15) is 6.61 Å². The molecule has 0 radical (unpaired) electrons. The van der Waals surface area contributed by atoms with E-state index in [1.807, 2.05) is 90.6 Å². The number of hydrogen-bond donors (Lipinski definition) is 0. The summed E-state index contributed by atoms with van der Waals surface area (Å²) >= 11 is 6.37. The Labute approximate surface area is 181 Å². The van der Waals surface area contributed by atoms with Gasteiger partial charge in [0.25, 0.3) is 6.01 Å². The molecule has 4 aromatic rings. The van der Waals surface area contributed by atoms with Crippen LogP contribution in [0.25, 0.3) is 11.1 Å². The highest BCUT2D eigenvalue weighted by Gasteiger charge is 2.13. The van der Waals surface area contributed by atoms with E-state index in [-0.39, 0.29) is 0 Å². The van der Waals surface area contributed by atoms with Crippen molar-refractivity contribution in [2.45, 2.75) is 13.0 Å². The van der Waals surface area contributed by atoms with Gasteiger partial charge < -0.3 is 9.30 Å². The molecule has 3 aromatic carbocycles. The Kier molecular flexibility index (Phi) is 5.83. The van der Waals surface area contributed by atoms with Crippen LogP contribution in [0.2, 0.25) is 5.02 Å². The molecular formula is C25H20ClN3O. The average Bonchev–Trinajstić information content (AvgIpc) is 3.12. The number of imidazole rings is 1. The lowest BCUT2D eigenvalue weighted by molar-refractivity contribution is 0.271. The molecule has 0 atom stereocenters. The van der Waals surface area contributed by atoms with Gasteiger partial charge in [-0.05, 0) is 29.3 Å². The summed E-state index contributed by atoms with van der Waals surface area (Å²) in [4.78, 5) is 4.42. The lowest BCUT2D eigenvalue weighted by atomic mass is 9.96. The Morgan fingerprint density at radius 1 is 0.967 bits per heavy atom. The summed E-state index contributed by atoms with van der Waals surface area (Å²) < 4.78 is 7.83. The molecule has 0 amide bonds. The van der Waals surface area contributed by atoms with Crippen LogP contribution >= 0.6 is 11.6 Å². The second kappa shape index (κ2) is 8.86. The van der Waals surface area contributed by atoms with Crippen LogP contribution in [-0.4, -0.2) is 9.55 Å². The molecule has 0 aliphatic heterocycles. The summed E-state index contributed by atoms with van der Waals surface area (Å²) in [5.41, 5.74) is 5.48. The largest absolute Gasteiger partial charge is 0.460 e. The van der Waals surface area contributed by atoms with Gasteiger partial charge in [0, 0.05) is 35.3 Å². The molecule has 0 spiro atoms. The van der Waals surface area contributed by atoms with Crippen molar-refractivity contribution < 1.29 is 4.74 Å². The minimum absolute atomic E-state index is 0.471. The van der Waals surface area contributed by atoms with E-state index < -0.39 is 0 Å². The first kappa shape index (κ1) is 19.8. The highest BCUT2D eigenvalue weighted by Crippen LogP contribution is 2.31. The fourth-order valence-corrected chi connectivity index (χ4v) is 3.59. The molecule has 30 heavy (non-hydrogen) atoms. The summed E-state index contributed by atoms with van der Waals surface area (Å²) in [5, 5.41) is 10.2. The first-order valence-corrected chi connectivity index (χ1v) is 9.98. The maximum Gasteiger partial charge on any atom is 0.296 e. The van der Waals surface area contributed by atoms with Gasteiger partial charge in [0.2, 0.25) is 0 Å². The van der Waals surface area contributed by atoms with Crippen molar-refractivity contribution in [3.8, 4) is 23.2 Å². The lowest BCUT2D eigenvalue weighted by Crippen LogP contribution is -2.04. The standard InChI is InChI=1S/C25H20ClN3O/c1-29-21(16-28-25(29)30-17-18-7-3-2-4-8-18)13-19-11-12-20(15-27)23(14-19)22-9-5-6-10-24(22)26/h2-12,14,16H,13,17H2,1H3. The van der Waals surface area contributed by atoms with E-state index in [1.54, 1.807) is 0 Å². The van der Waals surface area contributed by atoms with E-state index in [1.165, 1.54) is 0 Å². The van der Waals surface area contributed by atoms with E-state index in [9.17, 15) is 5.26 Å². The summed E-state index contributed by atoms with van der Waals surface area (Å²) in [5.74, 6) is 0. The highest BCUT2D eigenvalue weighted by atomic mass is 35.5. The van der Waals surface area contributed by atoms with Gasteiger partial charge in [-0.15, -0.1) is 0 Å². The van der Waals surface area contributed by atoms with Crippen LogP contribution in [0.15, 0.2) is 79.0 Å². The first-order chi connectivity index (χ1) is 14.7. The summed E-state index contributed by atoms with van der Waals surface area (Å²) in [7, 11) is 1.95. The molecule has 5 heteroatoms. The predicted octanol–water partition coefficient (Wildman–Crippen LogP) is 5.78. The van der Waals surface area contributed by atoms with Crippen LogP contribution in [-0.2, 0) is 20.1 Å². The van der Waals surface area contributed by atoms with Crippen molar-refractivity contribution in [2.24, 2.45) is 7.05 Å². The third kappa shape index (κ3) is 4.22. The number of halogens is 1. The van der Waals surface area contributed by atoms with Gasteiger partial charge in [-0.2, -0.15) is 5.26 Å². The Morgan fingerprint density at radius 3 is 2.50 bits per heavy atom. The smallest absolute Gasteiger partial charge is 0.296 e. The number of hydrogen-bond acceptors (Lipinski definition) is 3. The Hall–Kier alpha value is -3.55. The van der Waals surface area contributed by atoms with E-state index in [0.29, 0.717) is 29.6 Å². The Balaban J connectivity index is 1.56. The van der Waals surface area contributed by atoms with Crippen LogP contribution < -0.4 is 4.74 Å². The SMILES string of the molecule is Cn1c(Cc2ccc(C#N)c(-c3ccccc3Cl)c2)cnc1OCc1ccccc1. The normalized spacial score (nSPS) is 10.6. The Morgan fingerprint density at radius 2 is 1.73 bits per heavy atom. The van der Waals surface area contributed by atoms with Gasteiger partial charge >= 0.3 is 0 Å². The maximum atomic E-state index is 9.53. The molecule has 0 saturated heterocycles. The van der Waals surface area contributed by atoms with Crippen LogP contribution in [0.3, 0.4) is 0 Å². The molecule has 0 fully saturated rings. The lowest BCUT2D eigenvalue weighted by Gasteiger charge is -2.11. The number of benzene rings is 3. The molecule has 4 nitrogen and oxygen atoms in total. The zero-order valence-corrected chi connectivity index (χ0v) is 17.3. The number of ether oxygens (including phenoxy) is 1. The highest BCUT2D eigenvalue weighted by molar-refractivity contribution is 6.33. The monoisotopic (exact) mass is 413 g/mol. The molecule has 0 aliphatic carbocycles. The number of rotatable bonds is 6. The van der Waals surface area contributed by atoms with Gasteiger partial charge in [-0.1, -0.05) is 66.2 Å². The zero-order chi connectivity index (χ0) is 20.9. The average molecular weight is 414 g/mol. The molecular weight excluding hydrogens is 394 g/mol. The fourth-order valence-electron chi connectivity index (χ4n) is 3.36. The third-order valence-corrected chi connectivity index (χ3v) is 5.34. The van der Waals surface area contributed by atoms with E-state index >= 15 is 0 Å². The maximum absolute atomic E-state index is 9.53. The molecule has 4 rings (SSSR count). The zero-order valence-electron chi connectivity index (χ0n) is 16.5. The van der Waals surface area contributed by atoms with Gasteiger partial charge in [-0.3, -0.25) is 0 Å². The van der Waals surface area contributed by atoms with Gasteiger partial charge in [-0.25, -0.2) is 4.98 Å². The fraction of sp³-hybridized carbons (Fsp3) is 0.120. The minimum Gasteiger partial charge on any atom is -0.460 e. The van der Waals surface area contributed by atoms with Crippen molar-refractivity contribution in [1.82, 2.24) is 9.55 Å². The quantitative estimate of drug-likeness (QED) is 0.402.